The lowest BCUT2D eigenvalue weighted by atomic mass is 9.85. The first-order valence-electron chi connectivity index (χ1n) is 8.84. The molecule has 1 aromatic rings. The van der Waals surface area contributed by atoms with Gasteiger partial charge < -0.3 is 4.90 Å². The van der Waals surface area contributed by atoms with E-state index in [9.17, 15) is 9.59 Å². The van der Waals surface area contributed by atoms with Crippen molar-refractivity contribution in [1.82, 2.24) is 5.43 Å². The van der Waals surface area contributed by atoms with Gasteiger partial charge >= 0.3 is 0 Å². The maximum atomic E-state index is 12.3. The molecular weight excluding hydrogens is 302 g/mol. The fraction of sp³-hybridized carbons (Fsp3) is 0.526. The predicted molar refractivity (Wildman–Crippen MR) is 92.8 cm³/mol. The van der Waals surface area contributed by atoms with E-state index in [1.54, 1.807) is 4.90 Å². The molecule has 0 bridgehead atoms. The van der Waals surface area contributed by atoms with Gasteiger partial charge in [-0.05, 0) is 48.9 Å². The molecule has 3 unspecified atom stereocenters. The fourth-order valence-electron chi connectivity index (χ4n) is 4.38. The summed E-state index contributed by atoms with van der Waals surface area (Å²) in [6, 6.07) is 6.25. The van der Waals surface area contributed by atoms with Gasteiger partial charge in [0.1, 0.15) is 0 Å². The summed E-state index contributed by atoms with van der Waals surface area (Å²) in [6.45, 7) is 2.00. The summed E-state index contributed by atoms with van der Waals surface area (Å²) >= 11 is 0. The topological polar surface area (TPSA) is 61.8 Å². The van der Waals surface area contributed by atoms with Gasteiger partial charge in [0.05, 0.1) is 5.71 Å². The van der Waals surface area contributed by atoms with Gasteiger partial charge in [0.15, 0.2) is 0 Å². The molecule has 5 nitrogen and oxygen atoms in total. The third-order valence-corrected chi connectivity index (χ3v) is 5.83. The molecule has 5 heteroatoms. The van der Waals surface area contributed by atoms with E-state index >= 15 is 0 Å². The van der Waals surface area contributed by atoms with Crippen LogP contribution in [0.4, 0.5) is 5.69 Å². The highest BCUT2D eigenvalue weighted by molar-refractivity contribution is 6.07. The Morgan fingerprint density at radius 2 is 1.96 bits per heavy atom. The van der Waals surface area contributed by atoms with Crippen LogP contribution < -0.4 is 10.3 Å². The minimum Gasteiger partial charge on any atom is -0.315 e. The number of fused-ring (bicyclic) bond motifs is 2. The lowest BCUT2D eigenvalue weighted by Gasteiger charge is -2.26. The van der Waals surface area contributed by atoms with Crippen LogP contribution in [0.5, 0.6) is 0 Å². The summed E-state index contributed by atoms with van der Waals surface area (Å²) in [7, 11) is 1.86. The molecule has 0 saturated heterocycles. The van der Waals surface area contributed by atoms with Crippen molar-refractivity contribution in [2.75, 3.05) is 11.9 Å². The van der Waals surface area contributed by atoms with Crippen LogP contribution >= 0.6 is 0 Å². The normalized spacial score (nSPS) is 29.5. The second-order valence-electron chi connectivity index (χ2n) is 7.30. The highest BCUT2D eigenvalue weighted by atomic mass is 16.2. The average Bonchev–Trinajstić information content (AvgIpc) is 3.05. The van der Waals surface area contributed by atoms with E-state index < -0.39 is 0 Å². The number of aryl methyl sites for hydroxylation is 1. The Morgan fingerprint density at radius 1 is 1.17 bits per heavy atom. The number of rotatable bonds is 1. The Hall–Kier alpha value is -2.17. The van der Waals surface area contributed by atoms with Crippen molar-refractivity contribution < 1.29 is 9.59 Å². The van der Waals surface area contributed by atoms with Crippen LogP contribution in [0.2, 0.25) is 0 Å². The van der Waals surface area contributed by atoms with Gasteiger partial charge in [-0.3, -0.25) is 9.59 Å². The summed E-state index contributed by atoms with van der Waals surface area (Å²) in [4.78, 5) is 26.1. The van der Waals surface area contributed by atoms with E-state index in [0.717, 1.165) is 49.1 Å². The lowest BCUT2D eigenvalue weighted by Crippen LogP contribution is -2.39. The number of carbonyl (C=O) groups is 2. The smallest absolute Gasteiger partial charge is 0.243 e. The first kappa shape index (κ1) is 15.4. The van der Waals surface area contributed by atoms with Crippen molar-refractivity contribution in [1.29, 1.82) is 0 Å². The summed E-state index contributed by atoms with van der Waals surface area (Å²) in [6.07, 6.45) is 4.84. The Bertz CT molecular complexity index is 740. The monoisotopic (exact) mass is 325 g/mol. The molecule has 3 aliphatic rings. The largest absolute Gasteiger partial charge is 0.315 e. The Morgan fingerprint density at radius 3 is 2.79 bits per heavy atom. The number of nitrogens with zero attached hydrogens (tertiary/aromatic N) is 2. The zero-order valence-corrected chi connectivity index (χ0v) is 14.2. The van der Waals surface area contributed by atoms with Gasteiger partial charge in [-0.15, -0.1) is 0 Å². The Balaban J connectivity index is 1.71. The molecule has 0 spiro atoms. The second-order valence-corrected chi connectivity index (χ2v) is 7.30. The molecule has 1 aliphatic carbocycles. The van der Waals surface area contributed by atoms with Gasteiger partial charge in [0.25, 0.3) is 0 Å². The van der Waals surface area contributed by atoms with Crippen molar-refractivity contribution in [2.24, 2.45) is 22.9 Å². The Labute approximate surface area is 142 Å². The zero-order chi connectivity index (χ0) is 16.8. The standard InChI is InChI=1S/C19H23N3O2/c1-11-6-7-12-10-13(8-9-16(12)22(2)19(11)24)17-14-4-3-5-15(14)18(23)21-20-17/h8-11,14-15H,3-7H2,1-2H3,(H,21,23). The molecule has 0 aromatic heterocycles. The van der Waals surface area contributed by atoms with Gasteiger partial charge in [-0.2, -0.15) is 5.10 Å². The average molecular weight is 325 g/mol. The van der Waals surface area contributed by atoms with Crippen molar-refractivity contribution >= 4 is 23.2 Å². The van der Waals surface area contributed by atoms with Crippen LogP contribution in [-0.4, -0.2) is 24.6 Å². The van der Waals surface area contributed by atoms with Crippen molar-refractivity contribution in [3.05, 3.63) is 29.3 Å². The van der Waals surface area contributed by atoms with E-state index in [0.29, 0.717) is 0 Å². The molecule has 2 amide bonds. The third-order valence-electron chi connectivity index (χ3n) is 5.83. The highest BCUT2D eigenvalue weighted by Gasteiger charge is 2.39. The number of hydrazone groups is 1. The molecule has 1 aromatic carbocycles. The molecular formula is C19H23N3O2. The number of benzene rings is 1. The maximum absolute atomic E-state index is 12.3. The fourth-order valence-corrected chi connectivity index (χ4v) is 4.38. The van der Waals surface area contributed by atoms with Gasteiger partial charge in [0.2, 0.25) is 11.8 Å². The Kier molecular flexibility index (Phi) is 3.66. The number of carbonyl (C=O) groups excluding carboxylic acids is 2. The first-order valence-corrected chi connectivity index (χ1v) is 8.84. The molecule has 24 heavy (non-hydrogen) atoms. The highest BCUT2D eigenvalue weighted by Crippen LogP contribution is 2.38. The first-order chi connectivity index (χ1) is 11.6. The molecule has 1 fully saturated rings. The van der Waals surface area contributed by atoms with Crippen molar-refractivity contribution in [3.63, 3.8) is 0 Å². The van der Waals surface area contributed by atoms with E-state index in [4.69, 9.17) is 0 Å². The number of amides is 2. The van der Waals surface area contributed by atoms with E-state index in [1.165, 1.54) is 5.56 Å². The molecule has 2 aliphatic heterocycles. The summed E-state index contributed by atoms with van der Waals surface area (Å²) < 4.78 is 0. The van der Waals surface area contributed by atoms with E-state index in [-0.39, 0.29) is 29.6 Å². The second kappa shape index (κ2) is 5.72. The van der Waals surface area contributed by atoms with Crippen LogP contribution in [-0.2, 0) is 16.0 Å². The molecule has 1 N–H and O–H groups in total. The van der Waals surface area contributed by atoms with Crippen LogP contribution in [0.15, 0.2) is 23.3 Å². The quantitative estimate of drug-likeness (QED) is 0.862. The molecule has 126 valence electrons. The summed E-state index contributed by atoms with van der Waals surface area (Å²) in [5, 5.41) is 4.38. The zero-order valence-electron chi connectivity index (χ0n) is 14.2. The third kappa shape index (κ3) is 2.34. The van der Waals surface area contributed by atoms with Gasteiger partial charge in [0, 0.05) is 30.5 Å². The van der Waals surface area contributed by atoms with Crippen LogP contribution in [0, 0.1) is 17.8 Å². The van der Waals surface area contributed by atoms with Gasteiger partial charge in [-0.25, -0.2) is 5.43 Å². The minimum atomic E-state index is 0.0522. The molecule has 0 radical (unpaired) electrons. The number of anilines is 1. The lowest BCUT2D eigenvalue weighted by molar-refractivity contribution is -0.126. The number of nitrogens with one attached hydrogen (secondary N) is 1. The summed E-state index contributed by atoms with van der Waals surface area (Å²) in [5.74, 6) is 0.604. The van der Waals surface area contributed by atoms with Crippen molar-refractivity contribution in [2.45, 2.75) is 39.0 Å². The predicted octanol–water partition coefficient (Wildman–Crippen LogP) is 2.48. The number of hydrogen-bond donors (Lipinski definition) is 1. The van der Waals surface area contributed by atoms with Crippen LogP contribution in [0.3, 0.4) is 0 Å². The van der Waals surface area contributed by atoms with Crippen LogP contribution in [0.1, 0.15) is 43.7 Å². The molecule has 2 heterocycles. The summed E-state index contributed by atoms with van der Waals surface area (Å²) in [5.41, 5.74) is 6.98. The maximum Gasteiger partial charge on any atom is 0.243 e. The number of hydrogen-bond acceptors (Lipinski definition) is 3. The van der Waals surface area contributed by atoms with E-state index in [2.05, 4.69) is 16.6 Å². The SMILES string of the molecule is CC1CCc2cc(C3=NNC(=O)C4CCCC34)ccc2N(C)C1=O. The molecule has 1 saturated carbocycles. The van der Waals surface area contributed by atoms with Gasteiger partial charge in [-0.1, -0.05) is 19.4 Å². The molecule has 4 rings (SSSR count). The van der Waals surface area contributed by atoms with E-state index in [1.807, 2.05) is 26.1 Å². The van der Waals surface area contributed by atoms with Crippen LogP contribution in [0.25, 0.3) is 0 Å². The molecule has 3 atom stereocenters. The minimum absolute atomic E-state index is 0.0522. The van der Waals surface area contributed by atoms with Crippen molar-refractivity contribution in [3.8, 4) is 0 Å².